The van der Waals surface area contributed by atoms with Crippen LogP contribution in [0.3, 0.4) is 0 Å². The van der Waals surface area contributed by atoms with E-state index in [0.717, 1.165) is 5.56 Å². The summed E-state index contributed by atoms with van der Waals surface area (Å²) in [6.45, 7) is 3.49. The first kappa shape index (κ1) is 15.8. The zero-order valence-electron chi connectivity index (χ0n) is 12.6. The van der Waals surface area contributed by atoms with Crippen LogP contribution in [0.4, 0.5) is 10.1 Å². The van der Waals surface area contributed by atoms with Gasteiger partial charge in [-0.15, -0.1) is 0 Å². The molecule has 116 valence electrons. The molecule has 6 heteroatoms. The van der Waals surface area contributed by atoms with Gasteiger partial charge in [0.2, 0.25) is 0 Å². The van der Waals surface area contributed by atoms with Gasteiger partial charge >= 0.3 is 5.69 Å². The summed E-state index contributed by atoms with van der Waals surface area (Å²) < 4.78 is 24.0. The van der Waals surface area contributed by atoms with Crippen LogP contribution in [0.2, 0.25) is 0 Å². The van der Waals surface area contributed by atoms with Crippen molar-refractivity contribution in [2.75, 3.05) is 7.11 Å². The highest BCUT2D eigenvalue weighted by Gasteiger charge is 2.19. The molecule has 0 atom stereocenters. The van der Waals surface area contributed by atoms with E-state index in [1.165, 1.54) is 31.4 Å². The average molecular weight is 305 g/mol. The molecule has 0 bridgehead atoms. The largest absolute Gasteiger partial charge is 0.496 e. The van der Waals surface area contributed by atoms with Crippen LogP contribution in [-0.2, 0) is 6.61 Å². The summed E-state index contributed by atoms with van der Waals surface area (Å²) in [5.74, 6) is 0.227. The minimum atomic E-state index is -0.488. The molecule has 0 saturated heterocycles. The molecule has 2 aromatic carbocycles. The topological polar surface area (TPSA) is 61.6 Å². The number of rotatable bonds is 5. The Morgan fingerprint density at radius 3 is 2.59 bits per heavy atom. The number of hydrogen-bond acceptors (Lipinski definition) is 4. The Morgan fingerprint density at radius 1 is 1.23 bits per heavy atom. The number of hydrogen-bond donors (Lipinski definition) is 0. The normalized spacial score (nSPS) is 10.4. The molecule has 5 nitrogen and oxygen atoms in total. The van der Waals surface area contributed by atoms with Gasteiger partial charge in [0.15, 0.2) is 5.75 Å². The van der Waals surface area contributed by atoms with Crippen molar-refractivity contribution in [1.82, 2.24) is 0 Å². The van der Waals surface area contributed by atoms with E-state index < -0.39 is 10.7 Å². The molecule has 0 radical (unpaired) electrons. The number of ether oxygens (including phenoxy) is 2. The van der Waals surface area contributed by atoms with Crippen LogP contribution in [0.1, 0.15) is 16.7 Å². The summed E-state index contributed by atoms with van der Waals surface area (Å²) in [5.41, 5.74) is 1.81. The van der Waals surface area contributed by atoms with E-state index in [1.807, 2.05) is 0 Å². The number of halogens is 1. The predicted molar refractivity (Wildman–Crippen MR) is 79.9 cm³/mol. The molecule has 0 unspecified atom stereocenters. The summed E-state index contributed by atoms with van der Waals surface area (Å²) >= 11 is 0. The lowest BCUT2D eigenvalue weighted by atomic mass is 10.1. The van der Waals surface area contributed by atoms with E-state index in [2.05, 4.69) is 0 Å². The minimum Gasteiger partial charge on any atom is -0.496 e. The number of benzene rings is 2. The van der Waals surface area contributed by atoms with E-state index in [1.54, 1.807) is 19.9 Å². The van der Waals surface area contributed by atoms with Crippen LogP contribution in [0.25, 0.3) is 0 Å². The molecule has 2 aromatic rings. The third-order valence-electron chi connectivity index (χ3n) is 3.21. The van der Waals surface area contributed by atoms with Gasteiger partial charge in [0.1, 0.15) is 18.2 Å². The van der Waals surface area contributed by atoms with Crippen LogP contribution in [0.5, 0.6) is 11.5 Å². The molecule has 0 N–H and O–H groups in total. The maximum atomic E-state index is 13.3. The van der Waals surface area contributed by atoms with Gasteiger partial charge in [0, 0.05) is 11.6 Å². The van der Waals surface area contributed by atoms with Crippen molar-refractivity contribution in [3.05, 3.63) is 63.0 Å². The Hall–Kier alpha value is -2.63. The molecule has 0 amide bonds. The lowest BCUT2D eigenvalue weighted by Crippen LogP contribution is -2.03. The van der Waals surface area contributed by atoms with Gasteiger partial charge in [-0.3, -0.25) is 10.1 Å². The van der Waals surface area contributed by atoms with Crippen molar-refractivity contribution in [2.24, 2.45) is 0 Å². The summed E-state index contributed by atoms with van der Waals surface area (Å²) in [5, 5.41) is 11.2. The van der Waals surface area contributed by atoms with Crippen molar-refractivity contribution in [1.29, 1.82) is 0 Å². The highest BCUT2D eigenvalue weighted by molar-refractivity contribution is 5.53. The number of nitrogens with zero attached hydrogens (tertiary/aromatic N) is 1. The Morgan fingerprint density at radius 2 is 1.95 bits per heavy atom. The van der Waals surface area contributed by atoms with Crippen LogP contribution in [-0.4, -0.2) is 12.0 Å². The Balaban J connectivity index is 2.33. The van der Waals surface area contributed by atoms with Gasteiger partial charge < -0.3 is 9.47 Å². The molecule has 0 aromatic heterocycles. The molecular weight excluding hydrogens is 289 g/mol. The van der Waals surface area contributed by atoms with Gasteiger partial charge in [0.05, 0.1) is 12.0 Å². The zero-order chi connectivity index (χ0) is 16.3. The lowest BCUT2D eigenvalue weighted by molar-refractivity contribution is -0.386. The molecule has 0 fully saturated rings. The second kappa shape index (κ2) is 6.43. The minimum absolute atomic E-state index is 0.0221. The Bertz CT molecular complexity index is 716. The average Bonchev–Trinajstić information content (AvgIpc) is 2.45. The van der Waals surface area contributed by atoms with Crippen LogP contribution in [0.15, 0.2) is 30.3 Å². The smallest absolute Gasteiger partial charge is 0.311 e. The second-order valence-electron chi connectivity index (χ2n) is 4.93. The van der Waals surface area contributed by atoms with Crippen LogP contribution < -0.4 is 9.47 Å². The zero-order valence-corrected chi connectivity index (χ0v) is 12.6. The fourth-order valence-corrected chi connectivity index (χ4v) is 2.27. The fourth-order valence-electron chi connectivity index (χ4n) is 2.27. The van der Waals surface area contributed by atoms with Crippen molar-refractivity contribution < 1.29 is 18.8 Å². The van der Waals surface area contributed by atoms with E-state index in [4.69, 9.17) is 9.47 Å². The number of methoxy groups -OCH3 is 1. The molecule has 0 spiro atoms. The molecule has 2 rings (SSSR count). The Kier molecular flexibility index (Phi) is 4.60. The first-order valence-electron chi connectivity index (χ1n) is 6.63. The number of nitro groups is 1. The van der Waals surface area contributed by atoms with Gasteiger partial charge in [-0.05, 0) is 43.2 Å². The first-order chi connectivity index (χ1) is 10.4. The lowest BCUT2D eigenvalue weighted by Gasteiger charge is -2.12. The van der Waals surface area contributed by atoms with Crippen molar-refractivity contribution in [3.8, 4) is 11.5 Å². The molecule has 0 saturated carbocycles. The van der Waals surface area contributed by atoms with E-state index in [0.29, 0.717) is 16.9 Å². The van der Waals surface area contributed by atoms with Gasteiger partial charge in [-0.1, -0.05) is 6.07 Å². The third-order valence-corrected chi connectivity index (χ3v) is 3.21. The van der Waals surface area contributed by atoms with Gasteiger partial charge in [0.25, 0.3) is 0 Å². The second-order valence-corrected chi connectivity index (χ2v) is 4.93. The third kappa shape index (κ3) is 3.33. The summed E-state index contributed by atoms with van der Waals surface area (Å²) in [6, 6.07) is 7.30. The monoisotopic (exact) mass is 305 g/mol. The van der Waals surface area contributed by atoms with Gasteiger partial charge in [-0.25, -0.2) is 4.39 Å². The number of nitro benzene ring substituents is 1. The number of aryl methyl sites for hydroxylation is 2. The molecule has 0 aliphatic heterocycles. The maximum Gasteiger partial charge on any atom is 0.311 e. The molecular formula is C16H16FNO4. The standard InChI is InChI=1S/C16H16FNO4/c1-10-6-11(2)16(14(7-10)18(19)20)22-9-12-8-13(17)4-5-15(12)21-3/h4-8H,9H2,1-3H3. The van der Waals surface area contributed by atoms with Crippen LogP contribution >= 0.6 is 0 Å². The summed E-state index contributed by atoms with van der Waals surface area (Å²) in [7, 11) is 1.47. The highest BCUT2D eigenvalue weighted by Crippen LogP contribution is 2.33. The van der Waals surface area contributed by atoms with E-state index in [-0.39, 0.29) is 18.0 Å². The molecule has 0 aliphatic carbocycles. The van der Waals surface area contributed by atoms with Gasteiger partial charge in [-0.2, -0.15) is 0 Å². The first-order valence-corrected chi connectivity index (χ1v) is 6.63. The SMILES string of the molecule is COc1ccc(F)cc1COc1c(C)cc(C)cc1[N+](=O)[O-]. The summed E-state index contributed by atoms with van der Waals surface area (Å²) in [4.78, 5) is 10.7. The predicted octanol–water partition coefficient (Wildman–Crippen LogP) is 3.94. The quantitative estimate of drug-likeness (QED) is 0.620. The Labute approximate surface area is 127 Å². The molecule has 0 aliphatic rings. The fraction of sp³-hybridized carbons (Fsp3) is 0.250. The van der Waals surface area contributed by atoms with Crippen molar-refractivity contribution in [3.63, 3.8) is 0 Å². The highest BCUT2D eigenvalue weighted by atomic mass is 19.1. The van der Waals surface area contributed by atoms with Crippen molar-refractivity contribution >= 4 is 5.69 Å². The van der Waals surface area contributed by atoms with E-state index >= 15 is 0 Å². The maximum absolute atomic E-state index is 13.3. The van der Waals surface area contributed by atoms with Crippen molar-refractivity contribution in [2.45, 2.75) is 20.5 Å². The van der Waals surface area contributed by atoms with E-state index in [9.17, 15) is 14.5 Å². The molecule has 22 heavy (non-hydrogen) atoms. The molecule has 0 heterocycles. The van der Waals surface area contributed by atoms with Crippen LogP contribution in [0, 0.1) is 29.8 Å². The summed E-state index contributed by atoms with van der Waals surface area (Å²) in [6.07, 6.45) is 0.